The van der Waals surface area contributed by atoms with Crippen LogP contribution in [-0.4, -0.2) is 58.9 Å². The second-order valence-electron chi connectivity index (χ2n) is 5.31. The molecule has 1 aliphatic heterocycles. The Bertz CT molecular complexity index is 908. The molecule has 2 rings (SSSR count). The topological polar surface area (TPSA) is 224 Å². The van der Waals surface area contributed by atoms with Gasteiger partial charge in [-0.3, -0.25) is 9.09 Å². The van der Waals surface area contributed by atoms with Crippen LogP contribution >= 0.6 is 15.6 Å². The maximum Gasteiger partial charge on any atom is 0.481 e. The zero-order valence-electron chi connectivity index (χ0n) is 13.2. The van der Waals surface area contributed by atoms with Gasteiger partial charge in [-0.1, -0.05) is 5.92 Å². The first-order valence-electron chi connectivity index (χ1n) is 6.91. The van der Waals surface area contributed by atoms with Gasteiger partial charge in [-0.15, -0.1) is 6.42 Å². The van der Waals surface area contributed by atoms with Crippen molar-refractivity contribution in [3.05, 3.63) is 22.7 Å². The van der Waals surface area contributed by atoms with Crippen molar-refractivity contribution in [3.63, 3.8) is 0 Å². The van der Waals surface area contributed by atoms with Crippen LogP contribution in [0.5, 0.6) is 0 Å². The number of hydrogen-bond acceptors (Lipinski definition) is 10. The molecule has 0 bridgehead atoms. The van der Waals surface area contributed by atoms with E-state index in [0.29, 0.717) is 0 Å². The number of anilines is 1. The molecule has 14 nitrogen and oxygen atoms in total. The Balaban J connectivity index is 2.25. The smallest absolute Gasteiger partial charge is 0.384 e. The van der Waals surface area contributed by atoms with E-state index in [9.17, 15) is 29.0 Å². The minimum Gasteiger partial charge on any atom is -0.384 e. The Morgan fingerprint density at radius 3 is 2.59 bits per heavy atom. The number of nitrogens with zero attached hydrogens (tertiary/aromatic N) is 2. The number of aliphatic hydroxyl groups excluding tert-OH is 1. The molecule has 1 aliphatic rings. The second kappa shape index (κ2) is 7.42. The molecule has 1 aromatic heterocycles. The van der Waals surface area contributed by atoms with Gasteiger partial charge in [0.1, 0.15) is 18.0 Å². The van der Waals surface area contributed by atoms with E-state index < -0.39 is 52.0 Å². The van der Waals surface area contributed by atoms with Crippen LogP contribution in [-0.2, 0) is 22.7 Å². The third kappa shape index (κ3) is 4.81. The lowest BCUT2D eigenvalue weighted by molar-refractivity contribution is -0.0611. The molecule has 0 spiro atoms. The highest BCUT2D eigenvalue weighted by Crippen LogP contribution is 2.57. The minimum absolute atomic E-state index is 0.119. The predicted molar refractivity (Wildman–Crippen MR) is 85.5 cm³/mol. The molecular formula is C11H15N3O11P2. The number of ether oxygens (including phenoxy) is 1. The van der Waals surface area contributed by atoms with E-state index in [0.717, 1.165) is 10.8 Å². The summed E-state index contributed by atoms with van der Waals surface area (Å²) in [6.07, 6.45) is 1.13. The summed E-state index contributed by atoms with van der Waals surface area (Å²) in [5.74, 6) is 1.71. The van der Waals surface area contributed by atoms with Crippen molar-refractivity contribution in [2.45, 2.75) is 24.0 Å². The van der Waals surface area contributed by atoms with Crippen molar-refractivity contribution in [2.24, 2.45) is 0 Å². The van der Waals surface area contributed by atoms with Gasteiger partial charge in [0.05, 0.1) is 6.61 Å². The molecule has 16 heteroatoms. The van der Waals surface area contributed by atoms with Gasteiger partial charge in [-0.2, -0.15) is 9.29 Å². The summed E-state index contributed by atoms with van der Waals surface area (Å²) in [6, 6.07) is 1.20. The van der Waals surface area contributed by atoms with Gasteiger partial charge < -0.3 is 35.4 Å². The molecule has 0 aromatic carbocycles. The van der Waals surface area contributed by atoms with Gasteiger partial charge in [0.15, 0.2) is 11.8 Å². The lowest BCUT2D eigenvalue weighted by Gasteiger charge is -2.25. The number of rotatable bonds is 6. The molecule has 5 atom stereocenters. The van der Waals surface area contributed by atoms with Crippen molar-refractivity contribution in [3.8, 4) is 12.3 Å². The maximum atomic E-state index is 11.9. The van der Waals surface area contributed by atoms with Crippen LogP contribution in [0.2, 0.25) is 0 Å². The van der Waals surface area contributed by atoms with Gasteiger partial charge in [-0.05, 0) is 6.07 Å². The summed E-state index contributed by atoms with van der Waals surface area (Å²) in [6.45, 7) is -1.03. The van der Waals surface area contributed by atoms with E-state index in [1.54, 1.807) is 0 Å². The third-order valence-electron chi connectivity index (χ3n) is 3.47. The third-order valence-corrected chi connectivity index (χ3v) is 5.62. The number of terminal acetylenes is 1. The number of phosphoric acid groups is 2. The average Bonchev–Trinajstić information content (AvgIpc) is 2.76. The summed E-state index contributed by atoms with van der Waals surface area (Å²) >= 11 is 0. The molecule has 0 saturated carbocycles. The van der Waals surface area contributed by atoms with Gasteiger partial charge in [0, 0.05) is 6.20 Å². The standard InChI is InChI=1S/C11H15N3O11P2/c1-2-11(17)6(5-23-27(21,22)25-26(18,19)20)24-9(8(11)15)14-4-3-7(12)13-10(14)16/h1,3-4,6,8-9,15,17H,5H2,(H,21,22)(H2,12,13,16)(H2,18,19,20)/t6-,8+,9-,11-/m1/s1. The number of aliphatic hydroxyl groups is 2. The Kier molecular flexibility index (Phi) is 5.96. The number of aromatic nitrogens is 2. The molecule has 0 amide bonds. The highest BCUT2D eigenvalue weighted by Gasteiger charge is 2.56. The largest absolute Gasteiger partial charge is 0.481 e. The monoisotopic (exact) mass is 427 g/mol. The Morgan fingerprint density at radius 2 is 2.07 bits per heavy atom. The van der Waals surface area contributed by atoms with Crippen LogP contribution in [0, 0.1) is 12.3 Å². The van der Waals surface area contributed by atoms with E-state index in [-0.39, 0.29) is 5.82 Å². The Labute approximate surface area is 151 Å². The fourth-order valence-corrected chi connectivity index (χ4v) is 3.84. The highest BCUT2D eigenvalue weighted by molar-refractivity contribution is 7.60. The Morgan fingerprint density at radius 1 is 1.44 bits per heavy atom. The van der Waals surface area contributed by atoms with E-state index in [4.69, 9.17) is 26.7 Å². The van der Waals surface area contributed by atoms with Crippen molar-refractivity contribution in [2.75, 3.05) is 12.3 Å². The normalized spacial score (nSPS) is 30.6. The van der Waals surface area contributed by atoms with Crippen LogP contribution in [0.4, 0.5) is 5.82 Å². The van der Waals surface area contributed by atoms with Crippen LogP contribution < -0.4 is 11.4 Å². The molecule has 0 aliphatic carbocycles. The van der Waals surface area contributed by atoms with Gasteiger partial charge in [0.2, 0.25) is 0 Å². The SMILES string of the molecule is C#C[C@@]1(O)[C@@H](COP(=O)(O)OP(=O)(O)O)O[C@@H](n2ccc(N)nc2=O)[C@@H]1O. The van der Waals surface area contributed by atoms with E-state index in [1.165, 1.54) is 6.07 Å². The van der Waals surface area contributed by atoms with Gasteiger partial charge in [-0.25, -0.2) is 13.9 Å². The summed E-state index contributed by atoms with van der Waals surface area (Å²) in [4.78, 5) is 41.7. The zero-order chi connectivity index (χ0) is 20.6. The summed E-state index contributed by atoms with van der Waals surface area (Å²) < 4.78 is 36.1. The molecular weight excluding hydrogens is 412 g/mol. The van der Waals surface area contributed by atoms with Gasteiger partial charge >= 0.3 is 21.3 Å². The lowest BCUT2D eigenvalue weighted by atomic mass is 9.93. The summed E-state index contributed by atoms with van der Waals surface area (Å²) in [5, 5.41) is 20.7. The van der Waals surface area contributed by atoms with Crippen LogP contribution in [0.1, 0.15) is 6.23 Å². The maximum absolute atomic E-state index is 11.9. The van der Waals surface area contributed by atoms with Crippen molar-refractivity contribution in [1.82, 2.24) is 9.55 Å². The van der Waals surface area contributed by atoms with E-state index >= 15 is 0 Å². The minimum atomic E-state index is -5.37. The lowest BCUT2D eigenvalue weighted by Crippen LogP contribution is -2.48. The molecule has 2 heterocycles. The predicted octanol–water partition coefficient (Wildman–Crippen LogP) is -2.33. The first-order valence-corrected chi connectivity index (χ1v) is 9.94. The molecule has 1 saturated heterocycles. The number of hydrogen-bond donors (Lipinski definition) is 6. The van der Waals surface area contributed by atoms with Crippen LogP contribution in [0.25, 0.3) is 0 Å². The van der Waals surface area contributed by atoms with E-state index in [1.807, 2.05) is 5.92 Å². The quantitative estimate of drug-likeness (QED) is 0.207. The van der Waals surface area contributed by atoms with Gasteiger partial charge in [0.25, 0.3) is 0 Å². The first kappa shape index (κ1) is 21.7. The molecule has 1 fully saturated rings. The zero-order valence-corrected chi connectivity index (χ0v) is 15.0. The van der Waals surface area contributed by atoms with Crippen LogP contribution in [0.3, 0.4) is 0 Å². The fourth-order valence-electron chi connectivity index (χ4n) is 2.26. The molecule has 1 aromatic rings. The number of nitrogens with two attached hydrogens (primary N) is 1. The molecule has 150 valence electrons. The summed E-state index contributed by atoms with van der Waals surface area (Å²) in [7, 11) is -10.6. The van der Waals surface area contributed by atoms with Crippen molar-refractivity contribution < 1.29 is 47.6 Å². The first-order chi connectivity index (χ1) is 12.3. The summed E-state index contributed by atoms with van der Waals surface area (Å²) in [5.41, 5.74) is 1.91. The van der Waals surface area contributed by atoms with Crippen LogP contribution in [0.15, 0.2) is 17.1 Å². The molecule has 0 radical (unpaired) electrons. The molecule has 27 heavy (non-hydrogen) atoms. The Hall–Kier alpha value is -1.62. The molecule has 7 N–H and O–H groups in total. The fraction of sp³-hybridized carbons (Fsp3) is 0.455. The van der Waals surface area contributed by atoms with Crippen molar-refractivity contribution in [1.29, 1.82) is 0 Å². The van der Waals surface area contributed by atoms with E-state index in [2.05, 4.69) is 13.8 Å². The molecule has 1 unspecified atom stereocenters. The second-order valence-corrected chi connectivity index (χ2v) is 8.14. The number of nitrogen functional groups attached to an aromatic ring is 1. The van der Waals surface area contributed by atoms with Crippen molar-refractivity contribution >= 4 is 21.5 Å². The number of phosphoric ester groups is 1. The highest BCUT2D eigenvalue weighted by atomic mass is 31.3. The average molecular weight is 427 g/mol.